The molecule has 1 aliphatic heterocycles. The van der Waals surface area contributed by atoms with Crippen molar-refractivity contribution in [2.75, 3.05) is 28.9 Å². The lowest BCUT2D eigenvalue weighted by Gasteiger charge is -2.34. The normalized spacial score (nSPS) is 16.1. The van der Waals surface area contributed by atoms with Gasteiger partial charge in [-0.2, -0.15) is 11.8 Å². The number of thioether (sulfide) groups is 1. The van der Waals surface area contributed by atoms with E-state index in [9.17, 15) is 13.2 Å². The summed E-state index contributed by atoms with van der Waals surface area (Å²) in [6, 6.07) is 14.5. The zero-order valence-electron chi connectivity index (χ0n) is 16.0. The number of para-hydroxylation sites is 2. The Bertz CT molecular complexity index is 951. The quantitative estimate of drug-likeness (QED) is 0.619. The molecule has 1 aliphatic rings. The van der Waals surface area contributed by atoms with Gasteiger partial charge in [0.15, 0.2) is 6.10 Å². The van der Waals surface area contributed by atoms with Gasteiger partial charge < -0.3 is 10.1 Å². The van der Waals surface area contributed by atoms with Crippen molar-refractivity contribution >= 4 is 45.0 Å². The molecule has 0 aliphatic carbocycles. The summed E-state index contributed by atoms with van der Waals surface area (Å²) in [5.74, 6) is 1.59. The fourth-order valence-electron chi connectivity index (χ4n) is 2.89. The zero-order valence-corrected chi connectivity index (χ0v) is 18.4. The van der Waals surface area contributed by atoms with Gasteiger partial charge in [0.05, 0.1) is 18.0 Å². The third-order valence-corrected chi connectivity index (χ3v) is 7.48. The van der Waals surface area contributed by atoms with Crippen molar-refractivity contribution in [2.24, 2.45) is 0 Å². The third kappa shape index (κ3) is 5.58. The standard InChI is InChI=1S/C20H23ClN2O4S2/c1-2-29(25,26)23-13-19(27-18-6-4-3-5-17(18)23)20(24)22-11-12-28-14-15-7-9-16(21)10-8-15/h3-10,19H,2,11-14H2,1H3,(H,22,24). The van der Waals surface area contributed by atoms with Gasteiger partial charge in [-0.1, -0.05) is 35.9 Å². The Hall–Kier alpha value is -1.90. The number of fused-ring (bicyclic) bond motifs is 1. The van der Waals surface area contributed by atoms with Crippen LogP contribution in [0.4, 0.5) is 5.69 Å². The third-order valence-electron chi connectivity index (χ3n) is 4.46. The molecule has 156 valence electrons. The first-order chi connectivity index (χ1) is 13.9. The molecule has 2 aromatic rings. The van der Waals surface area contributed by atoms with Gasteiger partial charge in [-0.15, -0.1) is 0 Å². The first kappa shape index (κ1) is 21.8. The van der Waals surface area contributed by atoms with Crippen LogP contribution in [0.3, 0.4) is 0 Å². The SMILES string of the molecule is CCS(=O)(=O)N1CC(C(=O)NCCSCc2ccc(Cl)cc2)Oc2ccccc21. The molecule has 3 rings (SSSR count). The van der Waals surface area contributed by atoms with Crippen molar-refractivity contribution in [1.29, 1.82) is 0 Å². The van der Waals surface area contributed by atoms with Crippen LogP contribution in [0.1, 0.15) is 12.5 Å². The lowest BCUT2D eigenvalue weighted by atomic mass is 10.2. The van der Waals surface area contributed by atoms with E-state index in [0.29, 0.717) is 23.0 Å². The molecule has 1 atom stereocenters. The van der Waals surface area contributed by atoms with E-state index >= 15 is 0 Å². The summed E-state index contributed by atoms with van der Waals surface area (Å²) >= 11 is 7.57. The summed E-state index contributed by atoms with van der Waals surface area (Å²) in [6.07, 6.45) is -0.882. The topological polar surface area (TPSA) is 75.7 Å². The average molecular weight is 455 g/mol. The van der Waals surface area contributed by atoms with E-state index in [-0.39, 0.29) is 18.2 Å². The lowest BCUT2D eigenvalue weighted by Crippen LogP contribution is -2.51. The van der Waals surface area contributed by atoms with Crippen LogP contribution < -0.4 is 14.4 Å². The van der Waals surface area contributed by atoms with Gasteiger partial charge >= 0.3 is 0 Å². The van der Waals surface area contributed by atoms with Crippen LogP contribution in [0.2, 0.25) is 5.02 Å². The number of benzene rings is 2. The number of sulfonamides is 1. The summed E-state index contributed by atoms with van der Waals surface area (Å²) < 4.78 is 32.0. The maximum atomic E-state index is 12.6. The summed E-state index contributed by atoms with van der Waals surface area (Å²) in [6.45, 7) is 2.02. The number of carbonyl (C=O) groups excluding carboxylic acids is 1. The Morgan fingerprint density at radius 3 is 2.69 bits per heavy atom. The van der Waals surface area contributed by atoms with Crippen molar-refractivity contribution in [3.8, 4) is 5.75 Å². The van der Waals surface area contributed by atoms with E-state index < -0.39 is 16.1 Å². The molecule has 0 aromatic heterocycles. The number of nitrogens with zero attached hydrogens (tertiary/aromatic N) is 1. The van der Waals surface area contributed by atoms with Gasteiger partial charge in [0.2, 0.25) is 10.0 Å². The molecule has 1 amide bonds. The number of carbonyl (C=O) groups is 1. The molecule has 0 saturated heterocycles. The van der Waals surface area contributed by atoms with Crippen molar-refractivity contribution in [1.82, 2.24) is 5.32 Å². The van der Waals surface area contributed by atoms with Crippen LogP contribution in [-0.4, -0.2) is 45.0 Å². The van der Waals surface area contributed by atoms with Crippen LogP contribution in [0, 0.1) is 0 Å². The van der Waals surface area contributed by atoms with Crippen LogP contribution in [0.25, 0.3) is 0 Å². The van der Waals surface area contributed by atoms with Gasteiger partial charge in [0, 0.05) is 23.1 Å². The minimum absolute atomic E-state index is 0.0308. The molecule has 6 nitrogen and oxygen atoms in total. The first-order valence-corrected chi connectivity index (χ1v) is 12.4. The number of anilines is 1. The largest absolute Gasteiger partial charge is 0.476 e. The fourth-order valence-corrected chi connectivity index (χ4v) is 4.96. The van der Waals surface area contributed by atoms with Gasteiger partial charge in [-0.3, -0.25) is 9.10 Å². The Labute approximate surface area is 180 Å². The molecule has 1 heterocycles. The van der Waals surface area contributed by atoms with E-state index in [2.05, 4.69) is 5.32 Å². The second kappa shape index (κ2) is 9.73. The highest BCUT2D eigenvalue weighted by atomic mass is 35.5. The van der Waals surface area contributed by atoms with Crippen LogP contribution in [0.15, 0.2) is 48.5 Å². The number of hydrogen-bond acceptors (Lipinski definition) is 5. The molecule has 1 N–H and O–H groups in total. The molecule has 0 spiro atoms. The van der Waals surface area contributed by atoms with E-state index in [1.54, 1.807) is 43.0 Å². The number of amides is 1. The number of ether oxygens (including phenoxy) is 1. The Morgan fingerprint density at radius 2 is 1.97 bits per heavy atom. The molecule has 1 unspecified atom stereocenters. The molecule has 2 aromatic carbocycles. The Morgan fingerprint density at radius 1 is 1.24 bits per heavy atom. The second-order valence-corrected chi connectivity index (χ2v) is 10.2. The van der Waals surface area contributed by atoms with E-state index in [4.69, 9.17) is 16.3 Å². The summed E-state index contributed by atoms with van der Waals surface area (Å²) in [7, 11) is -3.50. The Balaban J connectivity index is 1.53. The molecule has 0 bridgehead atoms. The minimum Gasteiger partial charge on any atom is -0.476 e. The summed E-state index contributed by atoms with van der Waals surface area (Å²) in [5, 5.41) is 3.55. The molecule has 9 heteroatoms. The second-order valence-electron chi connectivity index (χ2n) is 6.48. The van der Waals surface area contributed by atoms with Gasteiger partial charge in [0.1, 0.15) is 5.75 Å². The maximum absolute atomic E-state index is 12.6. The van der Waals surface area contributed by atoms with Crippen LogP contribution in [-0.2, 0) is 20.6 Å². The van der Waals surface area contributed by atoms with Crippen LogP contribution in [0.5, 0.6) is 5.75 Å². The highest BCUT2D eigenvalue weighted by molar-refractivity contribution is 7.98. The molecular weight excluding hydrogens is 432 g/mol. The molecule has 0 radical (unpaired) electrons. The van der Waals surface area contributed by atoms with E-state index in [0.717, 1.165) is 11.5 Å². The first-order valence-electron chi connectivity index (χ1n) is 9.26. The number of hydrogen-bond donors (Lipinski definition) is 1. The monoisotopic (exact) mass is 454 g/mol. The van der Waals surface area contributed by atoms with E-state index in [1.165, 1.54) is 9.87 Å². The van der Waals surface area contributed by atoms with Crippen LogP contribution >= 0.6 is 23.4 Å². The predicted octanol–water partition coefficient (Wildman–Crippen LogP) is 3.31. The highest BCUT2D eigenvalue weighted by Gasteiger charge is 2.35. The molecule has 0 saturated carbocycles. The maximum Gasteiger partial charge on any atom is 0.263 e. The molecular formula is C20H23ClN2O4S2. The van der Waals surface area contributed by atoms with Crippen molar-refractivity contribution in [3.05, 3.63) is 59.1 Å². The van der Waals surface area contributed by atoms with E-state index in [1.807, 2.05) is 24.3 Å². The number of nitrogens with one attached hydrogen (secondary N) is 1. The fraction of sp³-hybridized carbons (Fsp3) is 0.350. The summed E-state index contributed by atoms with van der Waals surface area (Å²) in [4.78, 5) is 12.6. The van der Waals surface area contributed by atoms with Gasteiger partial charge in [0.25, 0.3) is 5.91 Å². The number of halogens is 1. The predicted molar refractivity (Wildman–Crippen MR) is 118 cm³/mol. The zero-order chi connectivity index (χ0) is 20.9. The molecule has 29 heavy (non-hydrogen) atoms. The van der Waals surface area contributed by atoms with Crippen molar-refractivity contribution < 1.29 is 17.9 Å². The van der Waals surface area contributed by atoms with Gasteiger partial charge in [-0.05, 0) is 36.8 Å². The smallest absolute Gasteiger partial charge is 0.263 e. The average Bonchev–Trinajstić information content (AvgIpc) is 2.73. The Kier molecular flexibility index (Phi) is 7.32. The molecule has 0 fully saturated rings. The highest BCUT2D eigenvalue weighted by Crippen LogP contribution is 2.35. The minimum atomic E-state index is -3.50. The lowest BCUT2D eigenvalue weighted by molar-refractivity contribution is -0.127. The summed E-state index contributed by atoms with van der Waals surface area (Å²) in [5.41, 5.74) is 1.63. The van der Waals surface area contributed by atoms with Crippen molar-refractivity contribution in [2.45, 2.75) is 18.8 Å². The van der Waals surface area contributed by atoms with Crippen molar-refractivity contribution in [3.63, 3.8) is 0 Å². The van der Waals surface area contributed by atoms with Gasteiger partial charge in [-0.25, -0.2) is 8.42 Å². The number of rotatable bonds is 8.